The summed E-state index contributed by atoms with van der Waals surface area (Å²) in [4.78, 5) is 21.3. The summed E-state index contributed by atoms with van der Waals surface area (Å²) >= 11 is 6.05. The van der Waals surface area contributed by atoms with E-state index in [1.54, 1.807) is 6.20 Å². The summed E-state index contributed by atoms with van der Waals surface area (Å²) in [6, 6.07) is 0. The Balaban J connectivity index is 1.50. The molecule has 0 aromatic carbocycles. The van der Waals surface area contributed by atoms with Crippen LogP contribution in [-0.4, -0.2) is 51.4 Å². The maximum atomic E-state index is 12.5. The average Bonchev–Trinajstić information content (AvgIpc) is 3.33. The third-order valence-corrected chi connectivity index (χ3v) is 5.61. The van der Waals surface area contributed by atoms with Gasteiger partial charge in [-0.2, -0.15) is 0 Å². The van der Waals surface area contributed by atoms with E-state index < -0.39 is 0 Å². The molecule has 2 aliphatic rings. The normalized spacial score (nSPS) is 21.3. The molecule has 2 heterocycles. The molecule has 0 N–H and O–H groups in total. The molecule has 1 atom stereocenters. The Morgan fingerprint density at radius 1 is 1.35 bits per heavy atom. The molecule has 2 fully saturated rings. The van der Waals surface area contributed by atoms with Gasteiger partial charge in [0, 0.05) is 39.6 Å². The Kier molecular flexibility index (Phi) is 5.27. The highest BCUT2D eigenvalue weighted by molar-refractivity contribution is 6.29. The molecule has 23 heavy (non-hydrogen) atoms. The number of halogens is 1. The van der Waals surface area contributed by atoms with E-state index in [1.807, 2.05) is 11.6 Å². The topological polar surface area (TPSA) is 41.4 Å². The largest absolute Gasteiger partial charge is 0.341 e. The van der Waals surface area contributed by atoms with E-state index in [1.165, 1.54) is 12.8 Å². The molecular weight excluding hydrogens is 312 g/mol. The van der Waals surface area contributed by atoms with Crippen molar-refractivity contribution in [1.82, 2.24) is 19.4 Å². The van der Waals surface area contributed by atoms with Gasteiger partial charge in [0.05, 0.1) is 12.7 Å². The number of carbonyl (C=O) groups is 1. The van der Waals surface area contributed by atoms with E-state index in [0.717, 1.165) is 57.3 Å². The van der Waals surface area contributed by atoms with E-state index in [9.17, 15) is 4.79 Å². The van der Waals surface area contributed by atoms with Gasteiger partial charge >= 0.3 is 0 Å². The predicted octanol–water partition coefficient (Wildman–Crippen LogP) is 2.54. The van der Waals surface area contributed by atoms with E-state index >= 15 is 0 Å². The highest BCUT2D eigenvalue weighted by Crippen LogP contribution is 2.38. The van der Waals surface area contributed by atoms with Crippen molar-refractivity contribution in [2.45, 2.75) is 39.2 Å². The van der Waals surface area contributed by atoms with Gasteiger partial charge in [0.25, 0.3) is 0 Å². The van der Waals surface area contributed by atoms with Crippen LogP contribution in [0.5, 0.6) is 0 Å². The first-order valence-corrected chi connectivity index (χ1v) is 9.08. The van der Waals surface area contributed by atoms with Crippen LogP contribution in [0.15, 0.2) is 6.20 Å². The van der Waals surface area contributed by atoms with Crippen LogP contribution in [-0.2, 0) is 18.4 Å². The number of hydrogen-bond acceptors (Lipinski definition) is 3. The lowest BCUT2D eigenvalue weighted by Crippen LogP contribution is -2.36. The molecule has 1 saturated heterocycles. The standard InChI is InChI=1S/C17H27ClN4O/c1-13(14-4-5-14)10-17(23)22-7-3-6-21(8-9-22)12-16-19-11-15(18)20(16)2/h11,13-14H,3-10,12H2,1-2H3/t13-/m1/s1. The van der Waals surface area contributed by atoms with Gasteiger partial charge < -0.3 is 9.47 Å². The molecule has 0 bridgehead atoms. The van der Waals surface area contributed by atoms with Crippen molar-refractivity contribution in [2.24, 2.45) is 18.9 Å². The maximum absolute atomic E-state index is 12.5. The monoisotopic (exact) mass is 338 g/mol. The van der Waals surface area contributed by atoms with Gasteiger partial charge in [0.1, 0.15) is 11.0 Å². The quantitative estimate of drug-likeness (QED) is 0.828. The number of carbonyl (C=O) groups excluding carboxylic acids is 1. The number of hydrogen-bond donors (Lipinski definition) is 0. The summed E-state index contributed by atoms with van der Waals surface area (Å²) in [5.41, 5.74) is 0. The molecule has 5 nitrogen and oxygen atoms in total. The summed E-state index contributed by atoms with van der Waals surface area (Å²) in [5.74, 6) is 2.68. The van der Waals surface area contributed by atoms with Gasteiger partial charge in [-0.15, -0.1) is 0 Å². The predicted molar refractivity (Wildman–Crippen MR) is 91.2 cm³/mol. The fourth-order valence-electron chi connectivity index (χ4n) is 3.39. The fourth-order valence-corrected chi connectivity index (χ4v) is 3.53. The fraction of sp³-hybridized carbons (Fsp3) is 0.765. The zero-order valence-corrected chi connectivity index (χ0v) is 14.9. The minimum absolute atomic E-state index is 0.339. The van der Waals surface area contributed by atoms with Crippen molar-refractivity contribution in [3.05, 3.63) is 17.2 Å². The lowest BCUT2D eigenvalue weighted by atomic mass is 10.0. The number of amides is 1. The van der Waals surface area contributed by atoms with Crippen LogP contribution in [0.4, 0.5) is 0 Å². The summed E-state index contributed by atoms with van der Waals surface area (Å²) in [6.07, 6.45) is 6.08. The molecule has 0 radical (unpaired) electrons. The molecule has 1 amide bonds. The Bertz CT molecular complexity index is 555. The Hall–Kier alpha value is -1.07. The van der Waals surface area contributed by atoms with Crippen LogP contribution in [0.1, 0.15) is 38.4 Å². The smallest absolute Gasteiger partial charge is 0.222 e. The van der Waals surface area contributed by atoms with Crippen molar-refractivity contribution in [3.63, 3.8) is 0 Å². The molecule has 1 aliphatic carbocycles. The lowest BCUT2D eigenvalue weighted by Gasteiger charge is -2.23. The van der Waals surface area contributed by atoms with E-state index in [4.69, 9.17) is 11.6 Å². The molecule has 3 rings (SSSR count). The van der Waals surface area contributed by atoms with Crippen LogP contribution < -0.4 is 0 Å². The average molecular weight is 339 g/mol. The second-order valence-corrected chi connectivity index (χ2v) is 7.47. The molecule has 128 valence electrons. The molecule has 1 saturated carbocycles. The Labute approximate surface area is 143 Å². The molecule has 1 aliphatic heterocycles. The van der Waals surface area contributed by atoms with Gasteiger partial charge in [0.2, 0.25) is 5.91 Å². The molecule has 1 aromatic heterocycles. The van der Waals surface area contributed by atoms with Crippen molar-refractivity contribution >= 4 is 17.5 Å². The van der Waals surface area contributed by atoms with Crippen molar-refractivity contribution < 1.29 is 4.79 Å². The molecule has 1 aromatic rings. The minimum Gasteiger partial charge on any atom is -0.341 e. The van der Waals surface area contributed by atoms with Crippen molar-refractivity contribution in [2.75, 3.05) is 26.2 Å². The highest BCUT2D eigenvalue weighted by atomic mass is 35.5. The van der Waals surface area contributed by atoms with Gasteiger partial charge in [0.15, 0.2) is 0 Å². The second-order valence-electron chi connectivity index (χ2n) is 7.09. The van der Waals surface area contributed by atoms with E-state index in [0.29, 0.717) is 17.0 Å². The first kappa shape index (κ1) is 16.8. The zero-order chi connectivity index (χ0) is 16.4. The summed E-state index contributed by atoms with van der Waals surface area (Å²) in [7, 11) is 1.94. The minimum atomic E-state index is 0.339. The van der Waals surface area contributed by atoms with Crippen LogP contribution in [0.25, 0.3) is 0 Å². The molecular formula is C17H27ClN4O. The van der Waals surface area contributed by atoms with Gasteiger partial charge in [-0.25, -0.2) is 4.98 Å². The highest BCUT2D eigenvalue weighted by Gasteiger charge is 2.30. The van der Waals surface area contributed by atoms with E-state index in [-0.39, 0.29) is 0 Å². The van der Waals surface area contributed by atoms with E-state index in [2.05, 4.69) is 21.7 Å². The summed E-state index contributed by atoms with van der Waals surface area (Å²) in [5, 5.41) is 0.667. The van der Waals surface area contributed by atoms with Crippen molar-refractivity contribution in [3.8, 4) is 0 Å². The maximum Gasteiger partial charge on any atom is 0.222 e. The van der Waals surface area contributed by atoms with Crippen LogP contribution in [0.3, 0.4) is 0 Å². The van der Waals surface area contributed by atoms with Gasteiger partial charge in [-0.05, 0) is 31.1 Å². The third-order valence-electron chi connectivity index (χ3n) is 5.26. The van der Waals surface area contributed by atoms with Crippen molar-refractivity contribution in [1.29, 1.82) is 0 Å². The number of rotatable bonds is 5. The first-order valence-electron chi connectivity index (χ1n) is 8.71. The number of aromatic nitrogens is 2. The van der Waals surface area contributed by atoms with Gasteiger partial charge in [-0.1, -0.05) is 18.5 Å². The third kappa shape index (κ3) is 4.27. The summed E-state index contributed by atoms with van der Waals surface area (Å²) < 4.78 is 1.92. The van der Waals surface area contributed by atoms with Crippen LogP contribution >= 0.6 is 11.6 Å². The van der Waals surface area contributed by atoms with Gasteiger partial charge in [-0.3, -0.25) is 9.69 Å². The first-order chi connectivity index (χ1) is 11.0. The lowest BCUT2D eigenvalue weighted by molar-refractivity contribution is -0.132. The Morgan fingerprint density at radius 3 is 2.78 bits per heavy atom. The molecule has 6 heteroatoms. The Morgan fingerprint density at radius 2 is 2.13 bits per heavy atom. The number of nitrogens with zero attached hydrogens (tertiary/aromatic N) is 4. The van der Waals surface area contributed by atoms with Crippen LogP contribution in [0.2, 0.25) is 5.15 Å². The molecule has 0 unspecified atom stereocenters. The second kappa shape index (κ2) is 7.22. The molecule has 0 spiro atoms. The number of imidazole rings is 1. The SMILES string of the molecule is C[C@H](CC(=O)N1CCCN(Cc2ncc(Cl)n2C)CC1)C1CC1. The van der Waals surface area contributed by atoms with Crippen LogP contribution in [0, 0.1) is 11.8 Å². The summed E-state index contributed by atoms with van der Waals surface area (Å²) in [6.45, 7) is 6.65. The zero-order valence-electron chi connectivity index (χ0n) is 14.2.